The second-order valence-corrected chi connectivity index (χ2v) is 3.73. The van der Waals surface area contributed by atoms with Crippen molar-refractivity contribution in [3.63, 3.8) is 0 Å². The normalized spacial score (nSPS) is 12.3. The molecule has 0 spiro atoms. The maximum absolute atomic E-state index is 3.76. The summed E-state index contributed by atoms with van der Waals surface area (Å²) in [5, 5.41) is 5.90. The van der Waals surface area contributed by atoms with Crippen LogP contribution in [0.2, 0.25) is 0 Å². The van der Waals surface area contributed by atoms with E-state index in [0.717, 1.165) is 5.69 Å². The molecule has 0 heterocycles. The molecule has 2 aromatic rings. The Morgan fingerprint density at radius 2 is 1.87 bits per heavy atom. The monoisotopic (exact) mass is 197 g/mol. The summed E-state index contributed by atoms with van der Waals surface area (Å²) in [7, 11) is 0. The predicted octanol–water partition coefficient (Wildman–Crippen LogP) is 3.83. The first-order chi connectivity index (χ1) is 7.29. The minimum absolute atomic E-state index is 0.297. The summed E-state index contributed by atoms with van der Waals surface area (Å²) in [5.41, 5.74) is 1.14. The maximum Gasteiger partial charge on any atom is 0.0413 e. The van der Waals surface area contributed by atoms with E-state index in [1.165, 1.54) is 10.8 Å². The highest BCUT2D eigenvalue weighted by Gasteiger charge is 1.97. The number of fused-ring (bicyclic) bond motifs is 1. The fourth-order valence-electron chi connectivity index (χ4n) is 1.60. The molecule has 15 heavy (non-hydrogen) atoms. The van der Waals surface area contributed by atoms with Gasteiger partial charge >= 0.3 is 0 Å². The molecule has 1 heteroatoms. The molecule has 0 aliphatic carbocycles. The van der Waals surface area contributed by atoms with Crippen LogP contribution >= 0.6 is 0 Å². The van der Waals surface area contributed by atoms with Crippen molar-refractivity contribution in [1.29, 1.82) is 0 Å². The van der Waals surface area contributed by atoms with E-state index in [0.29, 0.717) is 6.04 Å². The average Bonchev–Trinajstić information content (AvgIpc) is 2.29. The van der Waals surface area contributed by atoms with Crippen LogP contribution in [0.15, 0.2) is 55.1 Å². The van der Waals surface area contributed by atoms with Gasteiger partial charge < -0.3 is 5.32 Å². The lowest BCUT2D eigenvalue weighted by atomic mass is 10.1. The van der Waals surface area contributed by atoms with Crippen molar-refractivity contribution in [3.05, 3.63) is 55.1 Å². The van der Waals surface area contributed by atoms with Gasteiger partial charge in [-0.05, 0) is 29.8 Å². The highest BCUT2D eigenvalue weighted by atomic mass is 14.9. The van der Waals surface area contributed by atoms with Crippen LogP contribution in [0, 0.1) is 0 Å². The lowest BCUT2D eigenvalue weighted by molar-refractivity contribution is 1.00. The summed E-state index contributed by atoms with van der Waals surface area (Å²) in [4.78, 5) is 0. The quantitative estimate of drug-likeness (QED) is 0.737. The zero-order valence-corrected chi connectivity index (χ0v) is 8.90. The Balaban J connectivity index is 2.34. The van der Waals surface area contributed by atoms with Crippen LogP contribution in [0.3, 0.4) is 0 Å². The molecule has 0 saturated heterocycles. The zero-order valence-electron chi connectivity index (χ0n) is 8.90. The Bertz CT molecular complexity index is 473. The van der Waals surface area contributed by atoms with Crippen molar-refractivity contribution in [2.75, 3.05) is 5.32 Å². The van der Waals surface area contributed by atoms with E-state index >= 15 is 0 Å². The number of rotatable bonds is 3. The summed E-state index contributed by atoms with van der Waals surface area (Å²) in [6.45, 7) is 5.84. The second-order valence-electron chi connectivity index (χ2n) is 3.73. The molecule has 1 unspecified atom stereocenters. The fraction of sp³-hybridized carbons (Fsp3) is 0.143. The lowest BCUT2D eigenvalue weighted by Gasteiger charge is -2.11. The third kappa shape index (κ3) is 2.18. The molecule has 0 aromatic heterocycles. The van der Waals surface area contributed by atoms with Crippen LogP contribution in [0.1, 0.15) is 6.92 Å². The van der Waals surface area contributed by atoms with Gasteiger partial charge in [-0.3, -0.25) is 0 Å². The van der Waals surface area contributed by atoms with Crippen molar-refractivity contribution < 1.29 is 0 Å². The van der Waals surface area contributed by atoms with Gasteiger partial charge in [0.15, 0.2) is 0 Å². The fourth-order valence-corrected chi connectivity index (χ4v) is 1.60. The molecule has 1 N–H and O–H groups in total. The predicted molar refractivity (Wildman–Crippen MR) is 67.2 cm³/mol. The van der Waals surface area contributed by atoms with Gasteiger partial charge in [0.1, 0.15) is 0 Å². The summed E-state index contributed by atoms with van der Waals surface area (Å²) in [5.74, 6) is 0. The molecular weight excluding hydrogens is 182 g/mol. The number of hydrogen-bond donors (Lipinski definition) is 1. The van der Waals surface area contributed by atoms with Crippen molar-refractivity contribution in [2.45, 2.75) is 13.0 Å². The van der Waals surface area contributed by atoms with E-state index in [4.69, 9.17) is 0 Å². The molecule has 1 nitrogen and oxygen atoms in total. The number of anilines is 1. The Morgan fingerprint density at radius 3 is 2.60 bits per heavy atom. The lowest BCUT2D eigenvalue weighted by Crippen LogP contribution is -2.10. The Kier molecular flexibility index (Phi) is 2.72. The highest BCUT2D eigenvalue weighted by molar-refractivity contribution is 5.85. The first-order valence-corrected chi connectivity index (χ1v) is 5.17. The molecular formula is C14H15N. The van der Waals surface area contributed by atoms with Crippen LogP contribution in [-0.4, -0.2) is 6.04 Å². The summed E-state index contributed by atoms with van der Waals surface area (Å²) in [6.07, 6.45) is 1.90. The second kappa shape index (κ2) is 4.18. The zero-order chi connectivity index (χ0) is 10.7. The number of benzene rings is 2. The SMILES string of the molecule is C=CC(C)Nc1ccc2ccccc2c1. The first kappa shape index (κ1) is 9.78. The number of hydrogen-bond acceptors (Lipinski definition) is 1. The number of nitrogens with one attached hydrogen (secondary N) is 1. The largest absolute Gasteiger partial charge is 0.379 e. The van der Waals surface area contributed by atoms with E-state index in [1.54, 1.807) is 0 Å². The summed E-state index contributed by atoms with van der Waals surface area (Å²) in [6, 6.07) is 15.1. The van der Waals surface area contributed by atoms with Crippen molar-refractivity contribution >= 4 is 16.5 Å². The standard InChI is InChI=1S/C14H15N/c1-3-11(2)15-14-9-8-12-6-4-5-7-13(12)10-14/h3-11,15H,1H2,2H3. The molecule has 76 valence electrons. The minimum Gasteiger partial charge on any atom is -0.379 e. The van der Waals surface area contributed by atoms with Crippen molar-refractivity contribution in [1.82, 2.24) is 0 Å². The molecule has 0 saturated carbocycles. The van der Waals surface area contributed by atoms with Gasteiger partial charge in [-0.25, -0.2) is 0 Å². The van der Waals surface area contributed by atoms with E-state index in [2.05, 4.69) is 61.3 Å². The van der Waals surface area contributed by atoms with E-state index in [9.17, 15) is 0 Å². The first-order valence-electron chi connectivity index (χ1n) is 5.17. The van der Waals surface area contributed by atoms with Crippen LogP contribution in [0.5, 0.6) is 0 Å². The van der Waals surface area contributed by atoms with E-state index in [-0.39, 0.29) is 0 Å². The van der Waals surface area contributed by atoms with Gasteiger partial charge in [0.2, 0.25) is 0 Å². The highest BCUT2D eigenvalue weighted by Crippen LogP contribution is 2.19. The van der Waals surface area contributed by atoms with Crippen LogP contribution in [0.4, 0.5) is 5.69 Å². The van der Waals surface area contributed by atoms with Crippen LogP contribution in [-0.2, 0) is 0 Å². The summed E-state index contributed by atoms with van der Waals surface area (Å²) >= 11 is 0. The molecule has 2 rings (SSSR count). The van der Waals surface area contributed by atoms with E-state index < -0.39 is 0 Å². The minimum atomic E-state index is 0.297. The molecule has 0 fully saturated rings. The van der Waals surface area contributed by atoms with Gasteiger partial charge in [-0.2, -0.15) is 0 Å². The molecule has 2 aromatic carbocycles. The molecule has 0 radical (unpaired) electrons. The average molecular weight is 197 g/mol. The maximum atomic E-state index is 3.76. The molecule has 0 aliphatic rings. The van der Waals surface area contributed by atoms with Gasteiger partial charge in [0.05, 0.1) is 0 Å². The van der Waals surface area contributed by atoms with Crippen LogP contribution in [0.25, 0.3) is 10.8 Å². The van der Waals surface area contributed by atoms with Crippen molar-refractivity contribution in [3.8, 4) is 0 Å². The van der Waals surface area contributed by atoms with Gasteiger partial charge in [0.25, 0.3) is 0 Å². The van der Waals surface area contributed by atoms with Crippen LogP contribution < -0.4 is 5.32 Å². The smallest absolute Gasteiger partial charge is 0.0413 e. The Hall–Kier alpha value is -1.76. The van der Waals surface area contributed by atoms with Gasteiger partial charge in [-0.1, -0.05) is 36.4 Å². The topological polar surface area (TPSA) is 12.0 Å². The Labute approximate surface area is 90.4 Å². The van der Waals surface area contributed by atoms with E-state index in [1.807, 2.05) is 6.08 Å². The molecule has 0 bridgehead atoms. The molecule has 0 aliphatic heterocycles. The third-order valence-electron chi connectivity index (χ3n) is 2.50. The van der Waals surface area contributed by atoms with Gasteiger partial charge in [-0.15, -0.1) is 6.58 Å². The third-order valence-corrected chi connectivity index (χ3v) is 2.50. The van der Waals surface area contributed by atoms with Gasteiger partial charge in [0, 0.05) is 11.7 Å². The van der Waals surface area contributed by atoms with Crippen molar-refractivity contribution in [2.24, 2.45) is 0 Å². The summed E-state index contributed by atoms with van der Waals surface area (Å²) < 4.78 is 0. The Morgan fingerprint density at radius 1 is 1.13 bits per heavy atom. The molecule has 0 amide bonds. The molecule has 1 atom stereocenters.